The molecule has 1 atom stereocenters. The molecule has 0 bridgehead atoms. The molecular weight excluding hydrogens is 346 g/mol. The first-order valence-electron chi connectivity index (χ1n) is 7.57. The summed E-state index contributed by atoms with van der Waals surface area (Å²) < 4.78 is 3.24. The molecule has 124 valence electrons. The van der Waals surface area contributed by atoms with Crippen molar-refractivity contribution >= 4 is 41.2 Å². The van der Waals surface area contributed by atoms with Crippen molar-refractivity contribution in [3.63, 3.8) is 0 Å². The number of nitrogens with zero attached hydrogens (tertiary/aromatic N) is 2. The number of carbonyl (C=O) groups is 1. The quantitative estimate of drug-likeness (QED) is 0.585. The fraction of sp³-hybridized carbons (Fsp3) is 0.438. The molecule has 7 heteroatoms. The topological polar surface area (TPSA) is 46.9 Å². The predicted molar refractivity (Wildman–Crippen MR) is 100 cm³/mol. The normalized spacial score (nSPS) is 12.3. The first-order valence-corrected chi connectivity index (χ1v) is 9.67. The number of para-hydroxylation sites is 1. The molecule has 0 saturated carbocycles. The number of benzene rings is 1. The molecule has 0 aliphatic heterocycles. The zero-order valence-corrected chi connectivity index (χ0v) is 15.9. The van der Waals surface area contributed by atoms with Crippen LogP contribution in [0.25, 0.3) is 5.69 Å². The van der Waals surface area contributed by atoms with Gasteiger partial charge in [-0.25, -0.2) is 4.68 Å². The third kappa shape index (κ3) is 5.44. The van der Waals surface area contributed by atoms with Crippen LogP contribution >= 0.6 is 35.3 Å². The summed E-state index contributed by atoms with van der Waals surface area (Å²) in [4.78, 5) is 12.1. The van der Waals surface area contributed by atoms with Gasteiger partial charge in [0, 0.05) is 6.54 Å². The van der Waals surface area contributed by atoms with Crippen LogP contribution in [-0.4, -0.2) is 27.5 Å². The standard InChI is InChI=1S/C16H21N3OS3/c1-11(2)9-10-17-14(20)12(3)22-15-18-19(16(21)23-15)13-7-5-4-6-8-13/h4-8,11-12H,9-10H2,1-3H3,(H,17,20). The van der Waals surface area contributed by atoms with Crippen LogP contribution in [0.4, 0.5) is 0 Å². The summed E-state index contributed by atoms with van der Waals surface area (Å²) in [6.07, 6.45) is 0.991. The maximum absolute atomic E-state index is 12.1. The number of hydrogen-bond acceptors (Lipinski definition) is 5. The Morgan fingerprint density at radius 1 is 1.35 bits per heavy atom. The lowest BCUT2D eigenvalue weighted by atomic mass is 10.1. The number of amides is 1. The molecule has 2 aromatic rings. The molecule has 1 amide bonds. The predicted octanol–water partition coefficient (Wildman–Crippen LogP) is 4.31. The third-order valence-electron chi connectivity index (χ3n) is 3.20. The van der Waals surface area contributed by atoms with E-state index in [4.69, 9.17) is 12.2 Å². The average Bonchev–Trinajstić information content (AvgIpc) is 2.88. The number of rotatable bonds is 7. The van der Waals surface area contributed by atoms with Gasteiger partial charge in [-0.1, -0.05) is 55.1 Å². The lowest BCUT2D eigenvalue weighted by Gasteiger charge is -2.11. The maximum Gasteiger partial charge on any atom is 0.233 e. The van der Waals surface area contributed by atoms with E-state index in [1.807, 2.05) is 37.3 Å². The van der Waals surface area contributed by atoms with E-state index in [1.165, 1.54) is 23.1 Å². The van der Waals surface area contributed by atoms with Crippen LogP contribution in [0.1, 0.15) is 27.2 Å². The molecular formula is C16H21N3OS3. The minimum absolute atomic E-state index is 0.0445. The molecule has 0 spiro atoms. The Bertz CT molecular complexity index is 694. The van der Waals surface area contributed by atoms with Gasteiger partial charge in [0.2, 0.25) is 5.91 Å². The highest BCUT2D eigenvalue weighted by Crippen LogP contribution is 2.27. The summed E-state index contributed by atoms with van der Waals surface area (Å²) in [5, 5.41) is 7.31. The summed E-state index contributed by atoms with van der Waals surface area (Å²) >= 11 is 8.26. The zero-order chi connectivity index (χ0) is 16.8. The number of aromatic nitrogens is 2. The van der Waals surface area contributed by atoms with Crippen molar-refractivity contribution in [1.82, 2.24) is 15.1 Å². The first kappa shape index (κ1) is 18.2. The lowest BCUT2D eigenvalue weighted by Crippen LogP contribution is -2.32. The molecule has 1 unspecified atom stereocenters. The largest absolute Gasteiger partial charge is 0.355 e. The lowest BCUT2D eigenvalue weighted by molar-refractivity contribution is -0.120. The van der Waals surface area contributed by atoms with E-state index in [1.54, 1.807) is 4.68 Å². The Morgan fingerprint density at radius 2 is 2.04 bits per heavy atom. The van der Waals surface area contributed by atoms with Crippen molar-refractivity contribution in [2.45, 2.75) is 36.8 Å². The molecule has 1 aromatic heterocycles. The molecule has 23 heavy (non-hydrogen) atoms. The number of carbonyl (C=O) groups excluding carboxylic acids is 1. The minimum atomic E-state index is -0.188. The summed E-state index contributed by atoms with van der Waals surface area (Å²) in [7, 11) is 0. The Balaban J connectivity index is 1.98. The Kier molecular flexibility index (Phi) is 6.80. The van der Waals surface area contributed by atoms with Crippen LogP contribution < -0.4 is 5.32 Å². The Morgan fingerprint density at radius 3 is 2.70 bits per heavy atom. The van der Waals surface area contributed by atoms with Gasteiger partial charge >= 0.3 is 0 Å². The van der Waals surface area contributed by atoms with Gasteiger partial charge in [0.15, 0.2) is 8.29 Å². The molecule has 0 saturated heterocycles. The van der Waals surface area contributed by atoms with E-state index < -0.39 is 0 Å². The fourth-order valence-electron chi connectivity index (χ4n) is 1.87. The second-order valence-electron chi connectivity index (χ2n) is 5.61. The molecule has 0 radical (unpaired) electrons. The molecule has 4 nitrogen and oxygen atoms in total. The fourth-order valence-corrected chi connectivity index (χ4v) is 4.40. The SMILES string of the molecule is CC(C)CCNC(=O)C(C)Sc1nn(-c2ccccc2)c(=S)s1. The number of hydrogen-bond donors (Lipinski definition) is 1. The van der Waals surface area contributed by atoms with Gasteiger partial charge in [-0.2, -0.15) is 0 Å². The Hall–Kier alpha value is -1.18. The molecule has 1 heterocycles. The van der Waals surface area contributed by atoms with E-state index in [9.17, 15) is 4.79 Å². The highest BCUT2D eigenvalue weighted by Gasteiger charge is 2.17. The molecule has 0 aliphatic carbocycles. The van der Waals surface area contributed by atoms with Crippen molar-refractivity contribution < 1.29 is 4.79 Å². The zero-order valence-electron chi connectivity index (χ0n) is 13.5. The van der Waals surface area contributed by atoms with Crippen LogP contribution in [-0.2, 0) is 4.79 Å². The van der Waals surface area contributed by atoms with Gasteiger partial charge in [-0.15, -0.1) is 5.10 Å². The molecule has 1 N–H and O–H groups in total. The summed E-state index contributed by atoms with van der Waals surface area (Å²) in [6, 6.07) is 9.79. The van der Waals surface area contributed by atoms with E-state index in [0.717, 1.165) is 23.0 Å². The smallest absolute Gasteiger partial charge is 0.233 e. The minimum Gasteiger partial charge on any atom is -0.355 e. The van der Waals surface area contributed by atoms with Crippen LogP contribution in [0.5, 0.6) is 0 Å². The van der Waals surface area contributed by atoms with Crippen LogP contribution in [0, 0.1) is 9.87 Å². The van der Waals surface area contributed by atoms with Gasteiger partial charge in [0.1, 0.15) is 0 Å². The van der Waals surface area contributed by atoms with Crippen LogP contribution in [0.2, 0.25) is 0 Å². The molecule has 0 aliphatic rings. The van der Waals surface area contributed by atoms with Gasteiger partial charge in [0.25, 0.3) is 0 Å². The average molecular weight is 368 g/mol. The Labute approximate surface area is 150 Å². The second-order valence-corrected chi connectivity index (χ2v) is 8.83. The van der Waals surface area contributed by atoms with E-state index in [0.29, 0.717) is 9.87 Å². The van der Waals surface area contributed by atoms with E-state index in [-0.39, 0.29) is 11.2 Å². The summed E-state index contributed by atoms with van der Waals surface area (Å²) in [5.74, 6) is 0.632. The maximum atomic E-state index is 12.1. The van der Waals surface area contributed by atoms with Gasteiger partial charge < -0.3 is 5.32 Å². The first-order chi connectivity index (χ1) is 11.0. The van der Waals surface area contributed by atoms with Crippen molar-refractivity contribution in [3.8, 4) is 5.69 Å². The van der Waals surface area contributed by atoms with Crippen LogP contribution in [0.15, 0.2) is 34.7 Å². The third-order valence-corrected chi connectivity index (χ3v) is 5.61. The second kappa shape index (κ2) is 8.61. The monoisotopic (exact) mass is 367 g/mol. The highest BCUT2D eigenvalue weighted by molar-refractivity contribution is 8.02. The van der Waals surface area contributed by atoms with Crippen molar-refractivity contribution in [2.75, 3.05) is 6.54 Å². The molecule has 2 rings (SSSR count). The van der Waals surface area contributed by atoms with Gasteiger partial charge in [0.05, 0.1) is 10.9 Å². The van der Waals surface area contributed by atoms with Crippen molar-refractivity contribution in [3.05, 3.63) is 34.3 Å². The van der Waals surface area contributed by atoms with Crippen molar-refractivity contribution in [2.24, 2.45) is 5.92 Å². The van der Waals surface area contributed by atoms with E-state index in [2.05, 4.69) is 24.3 Å². The number of thioether (sulfide) groups is 1. The summed E-state index contributed by atoms with van der Waals surface area (Å²) in [5.41, 5.74) is 0.939. The van der Waals surface area contributed by atoms with Crippen LogP contribution in [0.3, 0.4) is 0 Å². The van der Waals surface area contributed by atoms with Crippen molar-refractivity contribution in [1.29, 1.82) is 0 Å². The molecule has 0 fully saturated rings. The van der Waals surface area contributed by atoms with Gasteiger partial charge in [-0.3, -0.25) is 4.79 Å². The number of nitrogens with one attached hydrogen (secondary N) is 1. The van der Waals surface area contributed by atoms with Gasteiger partial charge in [-0.05, 0) is 43.6 Å². The van der Waals surface area contributed by atoms with E-state index >= 15 is 0 Å². The summed E-state index contributed by atoms with van der Waals surface area (Å²) in [6.45, 7) is 6.91. The molecule has 1 aromatic carbocycles. The highest BCUT2D eigenvalue weighted by atomic mass is 32.2.